The highest BCUT2D eigenvalue weighted by Gasteiger charge is 2.20. The molecule has 0 fully saturated rings. The number of rotatable bonds is 1. The molecule has 0 amide bonds. The molecule has 0 aliphatic rings. The number of benzene rings is 1. The summed E-state index contributed by atoms with van der Waals surface area (Å²) in [5.41, 5.74) is 0.289. The van der Waals surface area contributed by atoms with Crippen LogP contribution < -0.4 is 0 Å². The van der Waals surface area contributed by atoms with Crippen molar-refractivity contribution >= 4 is 21.1 Å². The minimum Gasteiger partial charge on any atom is -0.355 e. The van der Waals surface area contributed by atoms with Gasteiger partial charge in [0.15, 0.2) is 5.58 Å². The van der Waals surface area contributed by atoms with Gasteiger partial charge in [0, 0.05) is 0 Å². The van der Waals surface area contributed by atoms with Crippen LogP contribution in [0.5, 0.6) is 0 Å². The molecule has 2 aromatic rings. The summed E-state index contributed by atoms with van der Waals surface area (Å²) in [6, 6.07) is 6.27. The van der Waals surface area contributed by atoms with Crippen molar-refractivity contribution in [1.82, 2.24) is 5.16 Å². The van der Waals surface area contributed by atoms with Crippen molar-refractivity contribution in [3.8, 4) is 0 Å². The maximum absolute atomic E-state index is 10.6. The summed E-state index contributed by atoms with van der Waals surface area (Å²) in [5, 5.41) is 2.86. The Bertz CT molecular complexity index is 542. The average Bonchev–Trinajstić information content (AvgIpc) is 2.45. The van der Waals surface area contributed by atoms with E-state index in [9.17, 15) is 13.0 Å². The molecule has 6 heteroatoms. The van der Waals surface area contributed by atoms with E-state index in [1.807, 2.05) is 0 Å². The molecule has 0 aliphatic heterocycles. The summed E-state index contributed by atoms with van der Waals surface area (Å²) in [5.74, 6) is 0. The first-order valence-corrected chi connectivity index (χ1v) is 4.80. The first-order chi connectivity index (χ1) is 6.09. The Morgan fingerprint density at radius 1 is 1.23 bits per heavy atom. The zero-order valence-corrected chi connectivity index (χ0v) is 7.11. The van der Waals surface area contributed by atoms with Gasteiger partial charge < -0.3 is 4.52 Å². The van der Waals surface area contributed by atoms with Gasteiger partial charge in [-0.3, -0.25) is 0 Å². The maximum Gasteiger partial charge on any atom is 0.345 e. The lowest BCUT2D eigenvalue weighted by Gasteiger charge is -1.86. The van der Waals surface area contributed by atoms with E-state index in [1.165, 1.54) is 12.1 Å². The first kappa shape index (κ1) is 8.21. The summed E-state index contributed by atoms with van der Waals surface area (Å²) in [7, 11) is -4.54. The summed E-state index contributed by atoms with van der Waals surface area (Å²) >= 11 is 0. The number of hydrogen-bond acceptors (Lipinski definition) is 4. The normalized spacial score (nSPS) is 12.1. The summed E-state index contributed by atoms with van der Waals surface area (Å²) in [4.78, 5) is 0. The van der Waals surface area contributed by atoms with Gasteiger partial charge in [-0.2, -0.15) is 8.42 Å². The van der Waals surface area contributed by atoms with Crippen LogP contribution in [0.4, 0.5) is 0 Å². The SMILES string of the molecule is [O]S(=O)(=O)c1noc2ccccc12. The van der Waals surface area contributed by atoms with Crippen LogP contribution in [0, 0.1) is 0 Å². The quantitative estimate of drug-likeness (QED) is 0.683. The predicted molar refractivity (Wildman–Crippen MR) is 41.9 cm³/mol. The topological polar surface area (TPSA) is 80.1 Å². The number of aromatic nitrogens is 1. The van der Waals surface area contributed by atoms with Crippen LogP contribution in [0.15, 0.2) is 33.8 Å². The lowest BCUT2D eigenvalue weighted by atomic mass is 10.3. The van der Waals surface area contributed by atoms with Gasteiger partial charge in [0.25, 0.3) is 0 Å². The van der Waals surface area contributed by atoms with E-state index < -0.39 is 15.1 Å². The van der Waals surface area contributed by atoms with Gasteiger partial charge in [-0.15, -0.1) is 0 Å². The zero-order chi connectivity index (χ0) is 9.47. The minimum absolute atomic E-state index is 0.220. The lowest BCUT2D eigenvalue weighted by molar-refractivity contribution is 0.390. The van der Waals surface area contributed by atoms with E-state index in [2.05, 4.69) is 9.68 Å². The zero-order valence-electron chi connectivity index (χ0n) is 6.30. The largest absolute Gasteiger partial charge is 0.355 e. The van der Waals surface area contributed by atoms with Crippen molar-refractivity contribution in [2.24, 2.45) is 0 Å². The Morgan fingerprint density at radius 2 is 1.92 bits per heavy atom. The fourth-order valence-electron chi connectivity index (χ4n) is 1.04. The summed E-state index contributed by atoms with van der Waals surface area (Å²) < 4.78 is 36.5. The molecule has 0 saturated heterocycles. The second-order valence-electron chi connectivity index (χ2n) is 2.44. The Morgan fingerprint density at radius 3 is 2.62 bits per heavy atom. The number of hydrogen-bond donors (Lipinski definition) is 0. The number of fused-ring (bicyclic) bond motifs is 1. The molecule has 0 saturated carbocycles. The van der Waals surface area contributed by atoms with E-state index in [4.69, 9.17) is 0 Å². The molecule has 0 bridgehead atoms. The van der Waals surface area contributed by atoms with Crippen LogP contribution in [-0.4, -0.2) is 13.6 Å². The van der Waals surface area contributed by atoms with Gasteiger partial charge in [-0.1, -0.05) is 21.8 Å². The molecule has 0 atom stereocenters. The third-order valence-corrected chi connectivity index (χ3v) is 2.35. The highest BCUT2D eigenvalue weighted by Crippen LogP contribution is 2.21. The van der Waals surface area contributed by atoms with Gasteiger partial charge in [-0.05, 0) is 12.1 Å². The second-order valence-corrected chi connectivity index (χ2v) is 3.73. The third-order valence-electron chi connectivity index (χ3n) is 1.58. The molecule has 5 nitrogen and oxygen atoms in total. The molecule has 13 heavy (non-hydrogen) atoms. The van der Waals surface area contributed by atoms with Gasteiger partial charge in [0.2, 0.25) is 5.03 Å². The van der Waals surface area contributed by atoms with E-state index in [1.54, 1.807) is 12.1 Å². The fraction of sp³-hybridized carbons (Fsp3) is 0. The third kappa shape index (κ3) is 1.30. The van der Waals surface area contributed by atoms with Crippen molar-refractivity contribution < 1.29 is 17.5 Å². The molecule has 2 rings (SSSR count). The summed E-state index contributed by atoms with van der Waals surface area (Å²) in [6.07, 6.45) is 0. The second kappa shape index (κ2) is 2.54. The Kier molecular flexibility index (Phi) is 1.61. The monoisotopic (exact) mass is 198 g/mol. The maximum atomic E-state index is 10.6. The number of nitrogens with zero attached hydrogens (tertiary/aromatic N) is 1. The van der Waals surface area contributed by atoms with E-state index >= 15 is 0 Å². The average molecular weight is 198 g/mol. The molecule has 1 aromatic carbocycles. The smallest absolute Gasteiger partial charge is 0.345 e. The van der Waals surface area contributed by atoms with Crippen LogP contribution in [0.2, 0.25) is 0 Å². The summed E-state index contributed by atoms with van der Waals surface area (Å²) in [6.45, 7) is 0. The molecule has 0 N–H and O–H groups in total. The standard InChI is InChI=1S/C7H4NO4S/c9-13(10,11)7-5-3-1-2-4-6(5)12-8-7/h1-4H. The van der Waals surface area contributed by atoms with Crippen LogP contribution >= 0.6 is 0 Å². The Hall–Kier alpha value is -1.40. The van der Waals surface area contributed by atoms with Crippen LogP contribution in [0.3, 0.4) is 0 Å². The van der Waals surface area contributed by atoms with Gasteiger partial charge >= 0.3 is 10.1 Å². The van der Waals surface area contributed by atoms with Crippen LogP contribution in [0.1, 0.15) is 0 Å². The fourth-order valence-corrected chi connectivity index (χ4v) is 1.61. The molecule has 0 unspecified atom stereocenters. The van der Waals surface area contributed by atoms with Crippen LogP contribution in [-0.2, 0) is 14.7 Å². The Labute approximate surface area is 73.7 Å². The van der Waals surface area contributed by atoms with Crippen molar-refractivity contribution in [1.29, 1.82) is 0 Å². The van der Waals surface area contributed by atoms with Gasteiger partial charge in [0.05, 0.1) is 5.39 Å². The van der Waals surface area contributed by atoms with Crippen molar-refractivity contribution in [3.63, 3.8) is 0 Å². The molecular formula is C7H4NO4S. The van der Waals surface area contributed by atoms with Crippen molar-refractivity contribution in [3.05, 3.63) is 24.3 Å². The minimum atomic E-state index is -4.54. The Balaban J connectivity index is 2.87. The van der Waals surface area contributed by atoms with Crippen LogP contribution in [0.25, 0.3) is 11.0 Å². The molecule has 1 radical (unpaired) electrons. The van der Waals surface area contributed by atoms with Gasteiger partial charge in [-0.25, -0.2) is 0 Å². The highest BCUT2D eigenvalue weighted by atomic mass is 32.2. The lowest BCUT2D eigenvalue weighted by Crippen LogP contribution is -1.96. The van der Waals surface area contributed by atoms with E-state index in [0.29, 0.717) is 0 Å². The molecule has 0 spiro atoms. The predicted octanol–water partition coefficient (Wildman–Crippen LogP) is 0.947. The van der Waals surface area contributed by atoms with Gasteiger partial charge in [0.1, 0.15) is 0 Å². The molecule has 67 valence electrons. The molecule has 0 aliphatic carbocycles. The molecule has 1 heterocycles. The molecule has 1 aromatic heterocycles. The van der Waals surface area contributed by atoms with Crippen molar-refractivity contribution in [2.75, 3.05) is 0 Å². The first-order valence-electron chi connectivity index (χ1n) is 3.39. The van der Waals surface area contributed by atoms with E-state index in [0.717, 1.165) is 0 Å². The number of para-hydroxylation sites is 1. The molecular weight excluding hydrogens is 194 g/mol. The highest BCUT2D eigenvalue weighted by molar-refractivity contribution is 7.85. The van der Waals surface area contributed by atoms with E-state index in [-0.39, 0.29) is 11.0 Å². The van der Waals surface area contributed by atoms with Crippen molar-refractivity contribution in [2.45, 2.75) is 5.03 Å².